The van der Waals surface area contributed by atoms with Crippen molar-refractivity contribution in [1.82, 2.24) is 0 Å². The molecule has 1 aliphatic rings. The zero-order chi connectivity index (χ0) is 22.6. The van der Waals surface area contributed by atoms with Gasteiger partial charge in [0.15, 0.2) is 5.92 Å². The van der Waals surface area contributed by atoms with Crippen LogP contribution >= 0.6 is 0 Å². The Morgan fingerprint density at radius 2 is 1.55 bits per heavy atom. The Morgan fingerprint density at radius 3 is 2.03 bits per heavy atom. The Hall–Kier alpha value is -3.39. The average molecular weight is 426 g/mol. The number of nitrogens with zero attached hydrogens (tertiary/aromatic N) is 1. The smallest absolute Gasteiger partial charge is 0.322 e. The molecule has 1 saturated heterocycles. The molecule has 0 aliphatic carbocycles. The van der Waals surface area contributed by atoms with Gasteiger partial charge in [-0.2, -0.15) is 0 Å². The van der Waals surface area contributed by atoms with Crippen molar-refractivity contribution in [3.63, 3.8) is 0 Å². The van der Waals surface area contributed by atoms with Crippen LogP contribution in [0.5, 0.6) is 5.75 Å². The molecule has 2 aromatic carbocycles. The van der Waals surface area contributed by atoms with Gasteiger partial charge >= 0.3 is 11.9 Å². The number of hydrogen-bond acceptors (Lipinski definition) is 7. The number of benzene rings is 2. The second kappa shape index (κ2) is 9.18. The fraction of sp³-hybridized carbons (Fsp3) is 0.348. The second-order valence-corrected chi connectivity index (χ2v) is 7.06. The van der Waals surface area contributed by atoms with Gasteiger partial charge in [-0.05, 0) is 43.7 Å². The van der Waals surface area contributed by atoms with Crippen LogP contribution in [0.4, 0.5) is 5.69 Å². The van der Waals surface area contributed by atoms with Crippen LogP contribution in [0.2, 0.25) is 0 Å². The van der Waals surface area contributed by atoms with E-state index in [9.17, 15) is 14.4 Å². The maximum absolute atomic E-state index is 13.4. The van der Waals surface area contributed by atoms with Crippen LogP contribution in [0.15, 0.2) is 54.6 Å². The van der Waals surface area contributed by atoms with Gasteiger partial charge in [0.1, 0.15) is 11.3 Å². The van der Waals surface area contributed by atoms with Crippen molar-refractivity contribution in [2.45, 2.75) is 25.4 Å². The van der Waals surface area contributed by atoms with E-state index in [0.29, 0.717) is 17.0 Å². The first-order valence-electron chi connectivity index (χ1n) is 10.0. The largest absolute Gasteiger partial charge is 0.497 e. The summed E-state index contributed by atoms with van der Waals surface area (Å²) in [6, 6.07) is 15.1. The number of methoxy groups -OCH3 is 1. The monoisotopic (exact) mass is 426 g/mol. The van der Waals surface area contributed by atoms with Crippen molar-refractivity contribution in [1.29, 1.82) is 0 Å². The van der Waals surface area contributed by atoms with Crippen molar-refractivity contribution in [3.8, 4) is 5.75 Å². The second-order valence-electron chi connectivity index (χ2n) is 7.06. The fourth-order valence-electron chi connectivity index (χ4n) is 3.88. The first-order valence-corrected chi connectivity index (χ1v) is 10.0. The number of ether oxygens (including phenoxy) is 3. The van der Waals surface area contributed by atoms with Gasteiger partial charge in [0.25, 0.3) is 5.91 Å². The first kappa shape index (κ1) is 22.3. The van der Waals surface area contributed by atoms with E-state index < -0.39 is 35.3 Å². The zero-order valence-corrected chi connectivity index (χ0v) is 17.7. The molecule has 31 heavy (non-hydrogen) atoms. The molecule has 2 aromatic rings. The molecule has 8 heteroatoms. The number of hydrogen-bond donors (Lipinski definition) is 1. The maximum atomic E-state index is 13.4. The summed E-state index contributed by atoms with van der Waals surface area (Å²) in [4.78, 5) is 40.4. The molecular formula is C23H26N2O6. The van der Waals surface area contributed by atoms with Gasteiger partial charge in [0, 0.05) is 5.69 Å². The SMILES string of the molecule is CCOC(=O)C(C(=O)OCC)[C@]1(N)C(=O)N(c2ccc(OC)cc2)[C@@H]1c1ccccc1. The van der Waals surface area contributed by atoms with Gasteiger partial charge < -0.3 is 24.8 Å². The van der Waals surface area contributed by atoms with E-state index in [0.717, 1.165) is 0 Å². The minimum atomic E-state index is -1.86. The Morgan fingerprint density at radius 1 is 1.00 bits per heavy atom. The van der Waals surface area contributed by atoms with Crippen LogP contribution in [0.3, 0.4) is 0 Å². The number of rotatable bonds is 8. The van der Waals surface area contributed by atoms with Crippen LogP contribution in [0, 0.1) is 5.92 Å². The topological polar surface area (TPSA) is 108 Å². The van der Waals surface area contributed by atoms with Gasteiger partial charge in [0.2, 0.25) is 0 Å². The molecule has 0 bridgehead atoms. The maximum Gasteiger partial charge on any atom is 0.322 e. The molecular weight excluding hydrogens is 400 g/mol. The summed E-state index contributed by atoms with van der Waals surface area (Å²) in [5, 5.41) is 0. The number of carbonyl (C=O) groups excluding carboxylic acids is 3. The molecule has 8 nitrogen and oxygen atoms in total. The normalized spacial score (nSPS) is 20.2. The molecule has 1 amide bonds. The van der Waals surface area contributed by atoms with Gasteiger partial charge in [-0.1, -0.05) is 30.3 Å². The Kier molecular flexibility index (Phi) is 6.60. The van der Waals surface area contributed by atoms with E-state index in [1.165, 1.54) is 4.90 Å². The Labute approximate surface area is 180 Å². The highest BCUT2D eigenvalue weighted by Crippen LogP contribution is 2.49. The van der Waals surface area contributed by atoms with Gasteiger partial charge in [-0.3, -0.25) is 14.4 Å². The summed E-state index contributed by atoms with van der Waals surface area (Å²) in [5.74, 6) is -3.31. The van der Waals surface area contributed by atoms with Crippen molar-refractivity contribution >= 4 is 23.5 Å². The molecule has 1 aliphatic heterocycles. The molecule has 0 radical (unpaired) electrons. The number of amides is 1. The quantitative estimate of drug-likeness (QED) is 0.392. The third kappa shape index (κ3) is 3.86. The molecule has 2 atom stereocenters. The van der Waals surface area contributed by atoms with E-state index in [4.69, 9.17) is 19.9 Å². The number of anilines is 1. The van der Waals surface area contributed by atoms with E-state index in [2.05, 4.69) is 0 Å². The summed E-state index contributed by atoms with van der Waals surface area (Å²) in [6.07, 6.45) is 0. The van der Waals surface area contributed by atoms with E-state index in [1.807, 2.05) is 6.07 Å². The minimum absolute atomic E-state index is 0.0389. The highest BCUT2D eigenvalue weighted by Gasteiger charge is 2.68. The fourth-order valence-corrected chi connectivity index (χ4v) is 3.88. The molecule has 2 N–H and O–H groups in total. The van der Waals surface area contributed by atoms with E-state index >= 15 is 0 Å². The van der Waals surface area contributed by atoms with Gasteiger partial charge in [0.05, 0.1) is 26.4 Å². The number of β-lactam (4-membered cyclic amide) rings is 1. The predicted molar refractivity (Wildman–Crippen MR) is 113 cm³/mol. The molecule has 164 valence electrons. The number of nitrogens with two attached hydrogens (primary N) is 1. The molecule has 1 fully saturated rings. The molecule has 0 spiro atoms. The molecule has 3 rings (SSSR count). The van der Waals surface area contributed by atoms with Gasteiger partial charge in [-0.15, -0.1) is 0 Å². The van der Waals surface area contributed by atoms with Crippen LogP contribution in [-0.4, -0.2) is 43.7 Å². The van der Waals surface area contributed by atoms with Crippen molar-refractivity contribution in [2.75, 3.05) is 25.2 Å². The highest BCUT2D eigenvalue weighted by atomic mass is 16.6. The van der Waals surface area contributed by atoms with Crippen molar-refractivity contribution < 1.29 is 28.6 Å². The predicted octanol–water partition coefficient (Wildman–Crippen LogP) is 2.22. The standard InChI is InChI=1S/C23H26N2O6/c1-4-30-20(26)18(21(27)31-5-2)23(24)19(15-9-7-6-8-10-15)25(22(23)28)16-11-13-17(29-3)14-12-16/h6-14,18-19H,4-5,24H2,1-3H3/t19-,23-/m1/s1. The Bertz CT molecular complexity index is 928. The van der Waals surface area contributed by atoms with E-state index in [-0.39, 0.29) is 13.2 Å². The average Bonchev–Trinajstić information content (AvgIpc) is 2.78. The van der Waals surface area contributed by atoms with Crippen LogP contribution in [0.25, 0.3) is 0 Å². The third-order valence-electron chi connectivity index (χ3n) is 5.29. The van der Waals surface area contributed by atoms with E-state index in [1.54, 1.807) is 69.5 Å². The van der Waals surface area contributed by atoms with Crippen molar-refractivity contribution in [2.24, 2.45) is 11.7 Å². The van der Waals surface area contributed by atoms with Crippen LogP contribution < -0.4 is 15.4 Å². The van der Waals surface area contributed by atoms with Crippen molar-refractivity contribution in [3.05, 3.63) is 60.2 Å². The Balaban J connectivity index is 2.10. The number of carbonyl (C=O) groups is 3. The zero-order valence-electron chi connectivity index (χ0n) is 17.7. The summed E-state index contributed by atoms with van der Waals surface area (Å²) >= 11 is 0. The first-order chi connectivity index (χ1) is 14.9. The lowest BCUT2D eigenvalue weighted by molar-refractivity contribution is -0.171. The molecule has 0 aromatic heterocycles. The third-order valence-corrected chi connectivity index (χ3v) is 5.29. The lowest BCUT2D eigenvalue weighted by atomic mass is 9.67. The molecule has 0 saturated carbocycles. The van der Waals surface area contributed by atoms with Gasteiger partial charge in [-0.25, -0.2) is 0 Å². The molecule has 0 unspecified atom stereocenters. The summed E-state index contributed by atoms with van der Waals surface area (Å²) in [6.45, 7) is 3.31. The number of esters is 2. The minimum Gasteiger partial charge on any atom is -0.497 e. The summed E-state index contributed by atoms with van der Waals surface area (Å²) in [5.41, 5.74) is 5.98. The summed E-state index contributed by atoms with van der Waals surface area (Å²) in [7, 11) is 1.55. The molecule has 1 heterocycles. The highest BCUT2D eigenvalue weighted by molar-refractivity contribution is 6.15. The lowest BCUT2D eigenvalue weighted by Gasteiger charge is -2.55. The lowest BCUT2D eigenvalue weighted by Crippen LogP contribution is -2.79. The van der Waals surface area contributed by atoms with Crippen LogP contribution in [0.1, 0.15) is 25.5 Å². The van der Waals surface area contributed by atoms with Crippen LogP contribution in [-0.2, 0) is 23.9 Å². The summed E-state index contributed by atoms with van der Waals surface area (Å²) < 4.78 is 15.4.